The zero-order chi connectivity index (χ0) is 9.78. The largest absolute Gasteiger partial charge is 0.368 e. The first-order valence-electron chi connectivity index (χ1n) is 3.04. The standard InChI is InChI=1S/C5H10N2O4S/c1-12(10,11)3-5(9)7-2-4(6)8/h2-3H2,1H3,(H2,6,8)(H,7,9). The number of carbonyl (C=O) groups is 2. The van der Waals surface area contributed by atoms with Crippen LogP contribution in [0.15, 0.2) is 0 Å². The molecule has 6 nitrogen and oxygen atoms in total. The molecule has 12 heavy (non-hydrogen) atoms. The van der Waals surface area contributed by atoms with Crippen LogP contribution in [0, 0.1) is 0 Å². The van der Waals surface area contributed by atoms with E-state index in [1.807, 2.05) is 5.32 Å². The highest BCUT2D eigenvalue weighted by molar-refractivity contribution is 7.91. The SMILES string of the molecule is CS(=O)(=O)CC(=O)NCC(N)=O. The Morgan fingerprint density at radius 1 is 1.42 bits per heavy atom. The van der Waals surface area contributed by atoms with Crippen molar-refractivity contribution in [3.63, 3.8) is 0 Å². The first kappa shape index (κ1) is 10.9. The first-order valence-corrected chi connectivity index (χ1v) is 5.10. The van der Waals surface area contributed by atoms with Crippen LogP contribution in [0.3, 0.4) is 0 Å². The lowest BCUT2D eigenvalue weighted by atomic mass is 10.6. The van der Waals surface area contributed by atoms with Crippen molar-refractivity contribution in [2.75, 3.05) is 18.6 Å². The number of nitrogens with two attached hydrogens (primary N) is 1. The molecule has 0 saturated heterocycles. The van der Waals surface area contributed by atoms with Crippen molar-refractivity contribution in [3.8, 4) is 0 Å². The highest BCUT2D eigenvalue weighted by Crippen LogP contribution is 1.80. The maximum atomic E-state index is 10.7. The minimum Gasteiger partial charge on any atom is -0.368 e. The summed E-state index contributed by atoms with van der Waals surface area (Å²) in [4.78, 5) is 20.8. The Hall–Kier alpha value is -1.11. The molecule has 70 valence electrons. The Labute approximate surface area is 70.0 Å². The zero-order valence-electron chi connectivity index (χ0n) is 6.53. The fraction of sp³-hybridized carbons (Fsp3) is 0.600. The smallest absolute Gasteiger partial charge is 0.236 e. The maximum Gasteiger partial charge on any atom is 0.236 e. The van der Waals surface area contributed by atoms with Crippen LogP contribution in [0.1, 0.15) is 0 Å². The molecule has 7 heteroatoms. The third-order valence-electron chi connectivity index (χ3n) is 0.853. The number of rotatable bonds is 4. The monoisotopic (exact) mass is 194 g/mol. The van der Waals surface area contributed by atoms with Gasteiger partial charge in [-0.3, -0.25) is 9.59 Å². The maximum absolute atomic E-state index is 10.7. The van der Waals surface area contributed by atoms with E-state index in [1.54, 1.807) is 0 Å². The van der Waals surface area contributed by atoms with Crippen molar-refractivity contribution in [2.24, 2.45) is 5.73 Å². The summed E-state index contributed by atoms with van der Waals surface area (Å²) in [6, 6.07) is 0. The van der Waals surface area contributed by atoms with Gasteiger partial charge in [-0.1, -0.05) is 0 Å². The summed E-state index contributed by atoms with van der Waals surface area (Å²) >= 11 is 0. The van der Waals surface area contributed by atoms with Crippen molar-refractivity contribution in [1.82, 2.24) is 5.32 Å². The minimum atomic E-state index is -3.34. The first-order chi connectivity index (χ1) is 5.31. The average molecular weight is 194 g/mol. The van der Waals surface area contributed by atoms with Crippen LogP contribution in [0.5, 0.6) is 0 Å². The summed E-state index contributed by atoms with van der Waals surface area (Å²) in [6.45, 7) is -0.339. The number of primary amides is 1. The van der Waals surface area contributed by atoms with Crippen LogP contribution in [0.2, 0.25) is 0 Å². The lowest BCUT2D eigenvalue weighted by Crippen LogP contribution is -2.36. The quantitative estimate of drug-likeness (QED) is 0.521. The van der Waals surface area contributed by atoms with Crippen LogP contribution >= 0.6 is 0 Å². The molecule has 0 aliphatic heterocycles. The molecule has 0 aliphatic carbocycles. The number of amides is 2. The van der Waals surface area contributed by atoms with E-state index in [2.05, 4.69) is 0 Å². The lowest BCUT2D eigenvalue weighted by molar-refractivity contribution is -0.123. The van der Waals surface area contributed by atoms with Gasteiger partial charge in [0.05, 0.1) is 6.54 Å². The van der Waals surface area contributed by atoms with E-state index in [4.69, 9.17) is 5.73 Å². The number of carbonyl (C=O) groups excluding carboxylic acids is 2. The molecule has 0 bridgehead atoms. The van der Waals surface area contributed by atoms with Gasteiger partial charge in [0.2, 0.25) is 11.8 Å². The second-order valence-corrected chi connectivity index (χ2v) is 4.45. The van der Waals surface area contributed by atoms with Gasteiger partial charge in [0, 0.05) is 6.26 Å². The van der Waals surface area contributed by atoms with Crippen LogP contribution in [-0.2, 0) is 19.4 Å². The number of hydrogen-bond acceptors (Lipinski definition) is 4. The normalized spacial score (nSPS) is 10.8. The minimum absolute atomic E-state index is 0.339. The molecule has 0 rings (SSSR count). The molecule has 0 aromatic carbocycles. The zero-order valence-corrected chi connectivity index (χ0v) is 7.35. The lowest BCUT2D eigenvalue weighted by Gasteiger charge is -1.99. The van der Waals surface area contributed by atoms with E-state index >= 15 is 0 Å². The Morgan fingerprint density at radius 3 is 2.25 bits per heavy atom. The van der Waals surface area contributed by atoms with E-state index in [9.17, 15) is 18.0 Å². The van der Waals surface area contributed by atoms with E-state index in [1.165, 1.54) is 0 Å². The molecule has 0 aromatic rings. The van der Waals surface area contributed by atoms with E-state index in [-0.39, 0.29) is 6.54 Å². The van der Waals surface area contributed by atoms with Crippen LogP contribution < -0.4 is 11.1 Å². The number of hydrogen-bond donors (Lipinski definition) is 2. The van der Waals surface area contributed by atoms with Gasteiger partial charge < -0.3 is 11.1 Å². The van der Waals surface area contributed by atoms with E-state index < -0.39 is 27.4 Å². The molecule has 0 aromatic heterocycles. The number of nitrogens with one attached hydrogen (secondary N) is 1. The summed E-state index contributed by atoms with van der Waals surface area (Å²) < 4.78 is 21.0. The Kier molecular flexibility index (Phi) is 3.68. The molecule has 0 atom stereocenters. The van der Waals surface area contributed by atoms with Gasteiger partial charge in [-0.25, -0.2) is 8.42 Å². The van der Waals surface area contributed by atoms with Crippen LogP contribution in [0.4, 0.5) is 0 Å². The Balaban J connectivity index is 3.84. The highest BCUT2D eigenvalue weighted by atomic mass is 32.2. The molecule has 0 spiro atoms. The number of sulfone groups is 1. The molecular formula is C5H10N2O4S. The molecule has 0 saturated carbocycles. The van der Waals surface area contributed by atoms with Crippen molar-refractivity contribution in [3.05, 3.63) is 0 Å². The van der Waals surface area contributed by atoms with Crippen LogP contribution in [-0.4, -0.2) is 38.8 Å². The summed E-state index contributed by atoms with van der Waals surface area (Å²) in [5.41, 5.74) is 4.70. The van der Waals surface area contributed by atoms with Gasteiger partial charge in [-0.15, -0.1) is 0 Å². The average Bonchev–Trinajstić information content (AvgIpc) is 1.79. The van der Waals surface area contributed by atoms with E-state index in [0.717, 1.165) is 6.26 Å². The van der Waals surface area contributed by atoms with E-state index in [0.29, 0.717) is 0 Å². The molecule has 2 amide bonds. The molecule has 0 unspecified atom stereocenters. The summed E-state index contributed by atoms with van der Waals surface area (Å²) in [6.07, 6.45) is 0.927. The summed E-state index contributed by atoms with van der Waals surface area (Å²) in [5.74, 6) is -2.06. The van der Waals surface area contributed by atoms with Gasteiger partial charge in [0.1, 0.15) is 5.75 Å². The predicted octanol–water partition coefficient (Wildman–Crippen LogP) is -2.37. The molecular weight excluding hydrogens is 184 g/mol. The molecule has 0 heterocycles. The van der Waals surface area contributed by atoms with Crippen molar-refractivity contribution < 1.29 is 18.0 Å². The van der Waals surface area contributed by atoms with Gasteiger partial charge >= 0.3 is 0 Å². The highest BCUT2D eigenvalue weighted by Gasteiger charge is 2.10. The molecule has 0 aliphatic rings. The molecule has 0 radical (unpaired) electrons. The fourth-order valence-electron chi connectivity index (χ4n) is 0.475. The second-order valence-electron chi connectivity index (χ2n) is 2.31. The van der Waals surface area contributed by atoms with Crippen molar-refractivity contribution in [1.29, 1.82) is 0 Å². The second kappa shape index (κ2) is 4.05. The van der Waals surface area contributed by atoms with Crippen LogP contribution in [0.25, 0.3) is 0 Å². The van der Waals surface area contributed by atoms with Gasteiger partial charge in [0.15, 0.2) is 9.84 Å². The topological polar surface area (TPSA) is 106 Å². The van der Waals surface area contributed by atoms with Gasteiger partial charge in [0.25, 0.3) is 0 Å². The van der Waals surface area contributed by atoms with Gasteiger partial charge in [-0.05, 0) is 0 Å². The third-order valence-corrected chi connectivity index (χ3v) is 1.64. The predicted molar refractivity (Wildman–Crippen MR) is 41.9 cm³/mol. The third kappa shape index (κ3) is 7.00. The van der Waals surface area contributed by atoms with Crippen molar-refractivity contribution in [2.45, 2.75) is 0 Å². The van der Waals surface area contributed by atoms with Crippen molar-refractivity contribution >= 4 is 21.7 Å². The fourth-order valence-corrected chi connectivity index (χ4v) is 1.05. The molecule has 0 fully saturated rings. The van der Waals surface area contributed by atoms with Gasteiger partial charge in [-0.2, -0.15) is 0 Å². The summed E-state index contributed by atoms with van der Waals surface area (Å²) in [7, 11) is -3.34. The molecule has 3 N–H and O–H groups in total. The Morgan fingerprint density at radius 2 is 1.92 bits per heavy atom. The summed E-state index contributed by atoms with van der Waals surface area (Å²) in [5, 5.41) is 2.05. The Bertz CT molecular complexity index is 282.